The fraction of sp³-hybridized carbons (Fsp3) is 0.333. The van der Waals surface area contributed by atoms with Gasteiger partial charge in [0.15, 0.2) is 18.1 Å². The number of benzene rings is 1. The number of nitrogens with zero attached hydrogens (tertiary/aromatic N) is 1. The first-order chi connectivity index (χ1) is 15.2. The largest absolute Gasteiger partial charge is 0.493 e. The molecule has 2 aromatic rings. The van der Waals surface area contributed by atoms with Gasteiger partial charge in [-0.15, -0.1) is 11.3 Å². The molecule has 0 aliphatic rings. The number of halogens is 1. The molecule has 1 aromatic heterocycles. The number of carbonyl (C=O) groups is 3. The van der Waals surface area contributed by atoms with Crippen molar-refractivity contribution in [3.05, 3.63) is 44.6 Å². The zero-order valence-electron chi connectivity index (χ0n) is 17.9. The van der Waals surface area contributed by atoms with E-state index in [-0.39, 0.29) is 24.9 Å². The molecule has 2 rings (SSSR count). The minimum Gasteiger partial charge on any atom is -0.493 e. The molecule has 0 radical (unpaired) electrons. The molecule has 11 heteroatoms. The number of methoxy groups -OCH3 is 1. The van der Waals surface area contributed by atoms with E-state index in [4.69, 9.17) is 15.2 Å². The second kappa shape index (κ2) is 12.2. The maximum Gasteiger partial charge on any atom is 0.262 e. The number of carbonyl (C=O) groups excluding carboxylic acids is 3. The summed E-state index contributed by atoms with van der Waals surface area (Å²) in [7, 11) is 1.45. The number of nitrogens with two attached hydrogens (primary N) is 1. The van der Waals surface area contributed by atoms with Crippen LogP contribution in [0.2, 0.25) is 0 Å². The van der Waals surface area contributed by atoms with Gasteiger partial charge in [0.1, 0.15) is 6.04 Å². The van der Waals surface area contributed by atoms with Gasteiger partial charge < -0.3 is 20.5 Å². The molecule has 1 aromatic carbocycles. The van der Waals surface area contributed by atoms with E-state index in [9.17, 15) is 14.4 Å². The lowest BCUT2D eigenvalue weighted by atomic mass is 10.0. The highest BCUT2D eigenvalue weighted by Gasteiger charge is 2.24. The Kier molecular flexibility index (Phi) is 9.66. The molecule has 1 heterocycles. The zero-order valence-corrected chi connectivity index (χ0v) is 20.3. The molecule has 0 aliphatic heterocycles. The second-order valence-electron chi connectivity index (χ2n) is 7.07. The summed E-state index contributed by atoms with van der Waals surface area (Å²) in [5, 5.41) is 8.64. The number of hydrogen-bond acceptors (Lipinski definition) is 7. The van der Waals surface area contributed by atoms with Crippen LogP contribution in [0.5, 0.6) is 11.5 Å². The van der Waals surface area contributed by atoms with E-state index in [0.717, 1.165) is 4.88 Å². The van der Waals surface area contributed by atoms with Crippen molar-refractivity contribution in [1.82, 2.24) is 10.7 Å². The van der Waals surface area contributed by atoms with E-state index in [1.54, 1.807) is 12.1 Å². The van der Waals surface area contributed by atoms with Crippen molar-refractivity contribution in [2.24, 2.45) is 16.8 Å². The third-order valence-electron chi connectivity index (χ3n) is 4.18. The fourth-order valence-electron chi connectivity index (χ4n) is 2.67. The number of ether oxygens (including phenoxy) is 2. The van der Waals surface area contributed by atoms with E-state index >= 15 is 0 Å². The molecule has 32 heavy (non-hydrogen) atoms. The minimum absolute atomic E-state index is 0.131. The maximum absolute atomic E-state index is 12.6. The van der Waals surface area contributed by atoms with E-state index in [1.807, 2.05) is 31.4 Å². The van der Waals surface area contributed by atoms with Crippen LogP contribution in [0.15, 0.2) is 39.2 Å². The third kappa shape index (κ3) is 7.65. The molecule has 0 aliphatic carbocycles. The van der Waals surface area contributed by atoms with Gasteiger partial charge in [-0.3, -0.25) is 14.4 Å². The SMILES string of the molecule is COc1cc(/C=N/NC(=O)[C@@H](NC(=O)Cc2cccs2)C(C)C)cc(Br)c1OCC(N)=O. The van der Waals surface area contributed by atoms with E-state index < -0.39 is 17.9 Å². The molecule has 9 nitrogen and oxygen atoms in total. The summed E-state index contributed by atoms with van der Waals surface area (Å²) in [4.78, 5) is 36.7. The highest BCUT2D eigenvalue weighted by atomic mass is 79.9. The highest BCUT2D eigenvalue weighted by Crippen LogP contribution is 2.36. The van der Waals surface area contributed by atoms with Crippen molar-refractivity contribution < 1.29 is 23.9 Å². The van der Waals surface area contributed by atoms with E-state index in [0.29, 0.717) is 21.5 Å². The summed E-state index contributed by atoms with van der Waals surface area (Å²) in [6.45, 7) is 3.38. The van der Waals surface area contributed by atoms with Gasteiger partial charge in [0.2, 0.25) is 5.91 Å². The molecular weight excluding hydrogens is 500 g/mol. The van der Waals surface area contributed by atoms with Crippen LogP contribution in [0.25, 0.3) is 0 Å². The van der Waals surface area contributed by atoms with Gasteiger partial charge in [0, 0.05) is 4.88 Å². The van der Waals surface area contributed by atoms with Crippen molar-refractivity contribution in [3.8, 4) is 11.5 Å². The lowest BCUT2D eigenvalue weighted by molar-refractivity contribution is -0.129. The molecule has 4 N–H and O–H groups in total. The molecule has 3 amide bonds. The Morgan fingerprint density at radius 3 is 2.66 bits per heavy atom. The third-order valence-corrected chi connectivity index (χ3v) is 5.64. The van der Waals surface area contributed by atoms with Gasteiger partial charge >= 0.3 is 0 Å². The van der Waals surface area contributed by atoms with Crippen molar-refractivity contribution in [2.75, 3.05) is 13.7 Å². The highest BCUT2D eigenvalue weighted by molar-refractivity contribution is 9.10. The van der Waals surface area contributed by atoms with Crippen molar-refractivity contribution in [3.63, 3.8) is 0 Å². The summed E-state index contributed by atoms with van der Waals surface area (Å²) in [5.74, 6) is -0.730. The predicted molar refractivity (Wildman–Crippen MR) is 126 cm³/mol. The lowest BCUT2D eigenvalue weighted by Gasteiger charge is -2.20. The molecule has 0 spiro atoms. The molecule has 0 saturated carbocycles. The Hall–Kier alpha value is -2.92. The Labute approximate surface area is 198 Å². The van der Waals surface area contributed by atoms with Gasteiger partial charge in [0.05, 0.1) is 24.2 Å². The van der Waals surface area contributed by atoms with Gasteiger partial charge in [-0.1, -0.05) is 19.9 Å². The molecule has 0 saturated heterocycles. The first-order valence-corrected chi connectivity index (χ1v) is 11.3. The van der Waals surface area contributed by atoms with Crippen LogP contribution in [-0.4, -0.2) is 43.7 Å². The van der Waals surface area contributed by atoms with Crippen LogP contribution >= 0.6 is 27.3 Å². The van der Waals surface area contributed by atoms with Crippen LogP contribution < -0.4 is 25.9 Å². The molecule has 1 atom stereocenters. The minimum atomic E-state index is -0.731. The topological polar surface area (TPSA) is 132 Å². The van der Waals surface area contributed by atoms with Crippen LogP contribution in [0, 0.1) is 5.92 Å². The maximum atomic E-state index is 12.6. The van der Waals surface area contributed by atoms with E-state index in [1.165, 1.54) is 24.7 Å². The number of amides is 3. The Balaban J connectivity index is 2.02. The fourth-order valence-corrected chi connectivity index (χ4v) is 3.95. The van der Waals surface area contributed by atoms with Crippen LogP contribution in [0.1, 0.15) is 24.3 Å². The molecule has 0 fully saturated rings. The number of hydrogen-bond donors (Lipinski definition) is 3. The van der Waals surface area contributed by atoms with Gasteiger partial charge in [-0.05, 0) is 51.0 Å². The van der Waals surface area contributed by atoms with Crippen molar-refractivity contribution in [1.29, 1.82) is 0 Å². The van der Waals surface area contributed by atoms with Crippen molar-refractivity contribution in [2.45, 2.75) is 26.3 Å². The lowest BCUT2D eigenvalue weighted by Crippen LogP contribution is -2.49. The Morgan fingerprint density at radius 1 is 1.31 bits per heavy atom. The average Bonchev–Trinajstić information content (AvgIpc) is 3.23. The number of hydrazone groups is 1. The molecule has 0 unspecified atom stereocenters. The van der Waals surface area contributed by atoms with Crippen LogP contribution in [0.3, 0.4) is 0 Å². The number of thiophene rings is 1. The Morgan fingerprint density at radius 2 is 2.06 bits per heavy atom. The predicted octanol–water partition coefficient (Wildman–Crippen LogP) is 2.22. The Bertz CT molecular complexity index is 979. The standard InChI is InChI=1S/C21H25BrN4O5S/c1-12(2)19(25-18(28)9-14-5-4-6-32-14)21(29)26-24-10-13-7-15(22)20(16(8-13)30-3)31-11-17(23)27/h4-8,10,12,19H,9,11H2,1-3H3,(H2,23,27)(H,25,28)(H,26,29)/b24-10+/t19-/m0/s1. The van der Waals surface area contributed by atoms with Crippen LogP contribution in [-0.2, 0) is 20.8 Å². The van der Waals surface area contributed by atoms with Gasteiger partial charge in [0.25, 0.3) is 11.8 Å². The summed E-state index contributed by atoms with van der Waals surface area (Å²) in [6, 6.07) is 6.32. The number of nitrogens with one attached hydrogen (secondary N) is 2. The molecular formula is C21H25BrN4O5S. The van der Waals surface area contributed by atoms with E-state index in [2.05, 4.69) is 31.8 Å². The monoisotopic (exact) mass is 524 g/mol. The average molecular weight is 525 g/mol. The quantitative estimate of drug-likeness (QED) is 0.306. The van der Waals surface area contributed by atoms with Gasteiger partial charge in [-0.2, -0.15) is 5.10 Å². The van der Waals surface area contributed by atoms with Crippen molar-refractivity contribution >= 4 is 51.2 Å². The first-order valence-electron chi connectivity index (χ1n) is 9.64. The number of rotatable bonds is 11. The smallest absolute Gasteiger partial charge is 0.262 e. The van der Waals surface area contributed by atoms with Crippen LogP contribution in [0.4, 0.5) is 0 Å². The summed E-state index contributed by atoms with van der Waals surface area (Å²) >= 11 is 4.84. The van der Waals surface area contributed by atoms with Gasteiger partial charge in [-0.25, -0.2) is 5.43 Å². The normalized spacial score (nSPS) is 11.9. The zero-order chi connectivity index (χ0) is 23.7. The molecule has 0 bridgehead atoms. The summed E-state index contributed by atoms with van der Waals surface area (Å²) in [5.41, 5.74) is 8.17. The molecule has 172 valence electrons. The first kappa shape index (κ1) is 25.3. The summed E-state index contributed by atoms with van der Waals surface area (Å²) < 4.78 is 11.2. The summed E-state index contributed by atoms with van der Waals surface area (Å²) in [6.07, 6.45) is 1.64. The number of primary amides is 1. The second-order valence-corrected chi connectivity index (χ2v) is 8.96.